The maximum absolute atomic E-state index is 4.20. The third-order valence-corrected chi connectivity index (χ3v) is 3.47. The van der Waals surface area contributed by atoms with Crippen molar-refractivity contribution in [2.24, 2.45) is 0 Å². The molecule has 0 heterocycles. The number of anilines is 1. The molecular formula is C18H21N. The lowest BCUT2D eigenvalue weighted by Gasteiger charge is -2.21. The predicted octanol–water partition coefficient (Wildman–Crippen LogP) is 4.59. The third-order valence-electron chi connectivity index (χ3n) is 3.47. The van der Waals surface area contributed by atoms with Gasteiger partial charge in [0.2, 0.25) is 0 Å². The van der Waals surface area contributed by atoms with Crippen LogP contribution in [0, 0.1) is 0 Å². The zero-order chi connectivity index (χ0) is 13.7. The lowest BCUT2D eigenvalue weighted by atomic mass is 9.99. The summed E-state index contributed by atoms with van der Waals surface area (Å²) in [4.78, 5) is 2.34. The molecule has 2 rings (SSSR count). The maximum Gasteiger partial charge on any atom is 0.0366 e. The fourth-order valence-corrected chi connectivity index (χ4v) is 2.27. The van der Waals surface area contributed by atoms with Crippen LogP contribution in [-0.2, 0) is 0 Å². The minimum absolute atomic E-state index is 1.04. The van der Waals surface area contributed by atoms with Gasteiger partial charge in [-0.15, -0.1) is 0 Å². The highest BCUT2D eigenvalue weighted by molar-refractivity contribution is 5.78. The largest absolute Gasteiger partial charge is 0.372 e. The van der Waals surface area contributed by atoms with E-state index in [1.807, 2.05) is 18.2 Å². The van der Waals surface area contributed by atoms with Crippen LogP contribution in [0.1, 0.15) is 25.0 Å². The summed E-state index contributed by atoms with van der Waals surface area (Å²) in [5.74, 6) is 0. The highest BCUT2D eigenvalue weighted by atomic mass is 15.1. The second kappa shape index (κ2) is 6.24. The summed E-state index contributed by atoms with van der Waals surface area (Å²) >= 11 is 0. The van der Waals surface area contributed by atoms with Gasteiger partial charge in [-0.05, 0) is 42.7 Å². The van der Waals surface area contributed by atoms with Gasteiger partial charge < -0.3 is 4.90 Å². The van der Waals surface area contributed by atoms with Crippen molar-refractivity contribution in [3.8, 4) is 0 Å². The molecule has 98 valence electrons. The summed E-state index contributed by atoms with van der Waals surface area (Å²) in [6.45, 7) is 10.6. The fourth-order valence-electron chi connectivity index (χ4n) is 2.27. The Kier molecular flexibility index (Phi) is 4.40. The molecule has 0 spiro atoms. The number of hydrogen-bond acceptors (Lipinski definition) is 1. The molecule has 2 aromatic carbocycles. The van der Waals surface area contributed by atoms with Crippen molar-refractivity contribution in [2.75, 3.05) is 18.0 Å². The van der Waals surface area contributed by atoms with Gasteiger partial charge in [0, 0.05) is 18.8 Å². The lowest BCUT2D eigenvalue weighted by Crippen LogP contribution is -2.21. The average Bonchev–Trinajstić information content (AvgIpc) is 2.49. The van der Waals surface area contributed by atoms with E-state index in [-0.39, 0.29) is 0 Å². The Morgan fingerprint density at radius 1 is 0.842 bits per heavy atom. The Bertz CT molecular complexity index is 521. The Balaban J connectivity index is 2.21. The van der Waals surface area contributed by atoms with Gasteiger partial charge in [0.15, 0.2) is 0 Å². The molecule has 0 unspecified atom stereocenters. The Hall–Kier alpha value is -2.02. The maximum atomic E-state index is 4.20. The zero-order valence-electron chi connectivity index (χ0n) is 11.8. The molecule has 0 radical (unpaired) electrons. The topological polar surface area (TPSA) is 3.24 Å². The quantitative estimate of drug-likeness (QED) is 0.751. The molecule has 0 saturated heterocycles. The van der Waals surface area contributed by atoms with Crippen LogP contribution < -0.4 is 4.90 Å². The molecule has 2 aromatic rings. The Morgan fingerprint density at radius 2 is 1.37 bits per heavy atom. The van der Waals surface area contributed by atoms with Crippen LogP contribution in [0.2, 0.25) is 0 Å². The van der Waals surface area contributed by atoms with Gasteiger partial charge in [0.05, 0.1) is 0 Å². The monoisotopic (exact) mass is 251 g/mol. The Morgan fingerprint density at radius 3 is 1.89 bits per heavy atom. The first kappa shape index (κ1) is 13.4. The van der Waals surface area contributed by atoms with Crippen molar-refractivity contribution in [3.05, 3.63) is 72.3 Å². The van der Waals surface area contributed by atoms with E-state index >= 15 is 0 Å². The Labute approximate surface area is 116 Å². The van der Waals surface area contributed by atoms with E-state index in [2.05, 4.69) is 61.7 Å². The van der Waals surface area contributed by atoms with E-state index in [1.165, 1.54) is 16.8 Å². The van der Waals surface area contributed by atoms with Gasteiger partial charge in [-0.25, -0.2) is 0 Å². The van der Waals surface area contributed by atoms with Crippen LogP contribution in [0.4, 0.5) is 5.69 Å². The molecule has 0 aliphatic heterocycles. The second-order valence-corrected chi connectivity index (χ2v) is 4.56. The van der Waals surface area contributed by atoms with Crippen LogP contribution in [0.15, 0.2) is 61.2 Å². The highest BCUT2D eigenvalue weighted by Crippen LogP contribution is 2.23. The molecule has 0 aliphatic rings. The van der Waals surface area contributed by atoms with Crippen molar-refractivity contribution in [1.29, 1.82) is 0 Å². The molecule has 19 heavy (non-hydrogen) atoms. The van der Waals surface area contributed by atoms with E-state index in [0.29, 0.717) is 0 Å². The number of hydrogen-bond donors (Lipinski definition) is 0. The molecule has 0 saturated carbocycles. The first-order valence-corrected chi connectivity index (χ1v) is 6.86. The molecule has 0 amide bonds. The SMILES string of the molecule is C=C(c1ccccc1)c1ccc(N(CC)CC)cc1. The van der Waals surface area contributed by atoms with E-state index < -0.39 is 0 Å². The van der Waals surface area contributed by atoms with Crippen LogP contribution in [-0.4, -0.2) is 13.1 Å². The summed E-state index contributed by atoms with van der Waals surface area (Å²) < 4.78 is 0. The van der Waals surface area contributed by atoms with E-state index in [4.69, 9.17) is 0 Å². The van der Waals surface area contributed by atoms with Gasteiger partial charge in [-0.1, -0.05) is 49.0 Å². The van der Waals surface area contributed by atoms with Crippen molar-refractivity contribution >= 4 is 11.3 Å². The predicted molar refractivity (Wildman–Crippen MR) is 84.6 cm³/mol. The van der Waals surface area contributed by atoms with Gasteiger partial charge in [-0.2, -0.15) is 0 Å². The smallest absolute Gasteiger partial charge is 0.0366 e. The van der Waals surface area contributed by atoms with Crippen LogP contribution in [0.3, 0.4) is 0 Å². The molecule has 0 aliphatic carbocycles. The minimum Gasteiger partial charge on any atom is -0.372 e. The first-order chi connectivity index (χ1) is 9.26. The molecule has 0 aromatic heterocycles. The molecule has 0 fully saturated rings. The van der Waals surface area contributed by atoms with Crippen molar-refractivity contribution < 1.29 is 0 Å². The van der Waals surface area contributed by atoms with Crippen LogP contribution in [0.5, 0.6) is 0 Å². The average molecular weight is 251 g/mol. The standard InChI is InChI=1S/C18H21N/c1-4-19(5-2)18-13-11-17(12-14-18)15(3)16-9-7-6-8-10-16/h6-14H,3-5H2,1-2H3. The van der Waals surface area contributed by atoms with Gasteiger partial charge in [0.1, 0.15) is 0 Å². The minimum atomic E-state index is 1.04. The van der Waals surface area contributed by atoms with Crippen molar-refractivity contribution in [1.82, 2.24) is 0 Å². The first-order valence-electron chi connectivity index (χ1n) is 6.86. The summed E-state index contributed by atoms with van der Waals surface area (Å²) in [6.07, 6.45) is 0. The lowest BCUT2D eigenvalue weighted by molar-refractivity contribution is 0.866. The number of benzene rings is 2. The number of rotatable bonds is 5. The van der Waals surface area contributed by atoms with Crippen molar-refractivity contribution in [3.63, 3.8) is 0 Å². The zero-order valence-corrected chi connectivity index (χ0v) is 11.8. The summed E-state index contributed by atoms with van der Waals surface area (Å²) in [7, 11) is 0. The van der Waals surface area contributed by atoms with E-state index in [9.17, 15) is 0 Å². The summed E-state index contributed by atoms with van der Waals surface area (Å²) in [6, 6.07) is 19.0. The number of nitrogens with zero attached hydrogens (tertiary/aromatic N) is 1. The third kappa shape index (κ3) is 3.05. The van der Waals surface area contributed by atoms with Gasteiger partial charge in [-0.3, -0.25) is 0 Å². The molecule has 0 bridgehead atoms. The summed E-state index contributed by atoms with van der Waals surface area (Å²) in [5, 5.41) is 0. The van der Waals surface area contributed by atoms with E-state index in [0.717, 1.165) is 18.7 Å². The molecule has 0 atom stereocenters. The van der Waals surface area contributed by atoms with Crippen LogP contribution >= 0.6 is 0 Å². The molecular weight excluding hydrogens is 230 g/mol. The van der Waals surface area contributed by atoms with E-state index in [1.54, 1.807) is 0 Å². The summed E-state index contributed by atoms with van der Waals surface area (Å²) in [5.41, 5.74) is 4.71. The van der Waals surface area contributed by atoms with Gasteiger partial charge in [0.25, 0.3) is 0 Å². The molecule has 1 nitrogen and oxygen atoms in total. The molecule has 1 heteroatoms. The highest BCUT2D eigenvalue weighted by Gasteiger charge is 2.04. The van der Waals surface area contributed by atoms with Crippen molar-refractivity contribution in [2.45, 2.75) is 13.8 Å². The fraction of sp³-hybridized carbons (Fsp3) is 0.222. The second-order valence-electron chi connectivity index (χ2n) is 4.56. The normalized spacial score (nSPS) is 10.2. The molecule has 0 N–H and O–H groups in total. The van der Waals surface area contributed by atoms with Gasteiger partial charge >= 0.3 is 0 Å². The van der Waals surface area contributed by atoms with Crippen LogP contribution in [0.25, 0.3) is 5.57 Å².